The number of aryl methyl sites for hydroxylation is 2. The van der Waals surface area contributed by atoms with Crippen molar-refractivity contribution in [3.63, 3.8) is 0 Å². The number of fused-ring (bicyclic) bond motifs is 1. The van der Waals surface area contributed by atoms with E-state index in [9.17, 15) is 8.78 Å². The average molecular weight is 338 g/mol. The zero-order chi connectivity index (χ0) is 17.6. The number of nitrogens with zero attached hydrogens (tertiary/aromatic N) is 3. The molecule has 6 heteroatoms. The molecule has 1 aliphatic rings. The first-order chi connectivity index (χ1) is 12.0. The van der Waals surface area contributed by atoms with E-state index in [-0.39, 0.29) is 0 Å². The first-order valence-electron chi connectivity index (χ1n) is 7.94. The number of hydrogen-bond donors (Lipinski definition) is 1. The van der Waals surface area contributed by atoms with E-state index in [0.717, 1.165) is 22.9 Å². The predicted molar refractivity (Wildman–Crippen MR) is 92.0 cm³/mol. The summed E-state index contributed by atoms with van der Waals surface area (Å²) in [5, 5.41) is 7.61. The summed E-state index contributed by atoms with van der Waals surface area (Å²) in [6, 6.07) is 11.1. The van der Waals surface area contributed by atoms with Crippen LogP contribution in [0.3, 0.4) is 0 Å². The van der Waals surface area contributed by atoms with Crippen LogP contribution < -0.4 is 5.32 Å². The highest BCUT2D eigenvalue weighted by Crippen LogP contribution is 2.33. The fourth-order valence-electron chi connectivity index (χ4n) is 2.98. The molecule has 4 rings (SSSR count). The summed E-state index contributed by atoms with van der Waals surface area (Å²) in [7, 11) is 0. The standard InChI is InChI=1S/C19H16F2N4/c1-11-3-5-13(6-4-11)17-10-18(14-7-15(20)9-16(21)8-14)25-19(23-17)22-12(2)24-25/h3-10,18H,1-2H3,(H,22,23,24). The highest BCUT2D eigenvalue weighted by atomic mass is 19.1. The third kappa shape index (κ3) is 2.91. The zero-order valence-corrected chi connectivity index (χ0v) is 13.8. The molecule has 2 heterocycles. The lowest BCUT2D eigenvalue weighted by atomic mass is 10.0. The van der Waals surface area contributed by atoms with E-state index in [2.05, 4.69) is 15.4 Å². The number of benzene rings is 2. The Balaban J connectivity index is 1.85. The van der Waals surface area contributed by atoms with Gasteiger partial charge < -0.3 is 5.32 Å². The molecule has 1 unspecified atom stereocenters. The monoisotopic (exact) mass is 338 g/mol. The number of rotatable bonds is 2. The molecule has 1 atom stereocenters. The lowest BCUT2D eigenvalue weighted by Gasteiger charge is -2.24. The van der Waals surface area contributed by atoms with Crippen molar-refractivity contribution in [1.29, 1.82) is 0 Å². The van der Waals surface area contributed by atoms with E-state index in [1.54, 1.807) is 11.6 Å². The molecule has 25 heavy (non-hydrogen) atoms. The molecule has 1 aliphatic heterocycles. The van der Waals surface area contributed by atoms with Crippen molar-refractivity contribution in [2.75, 3.05) is 5.32 Å². The van der Waals surface area contributed by atoms with Gasteiger partial charge in [0.1, 0.15) is 23.5 Å². The first kappa shape index (κ1) is 15.5. The smallest absolute Gasteiger partial charge is 0.226 e. The molecule has 1 N–H and O–H groups in total. The van der Waals surface area contributed by atoms with Gasteiger partial charge in [-0.3, -0.25) is 0 Å². The van der Waals surface area contributed by atoms with Crippen molar-refractivity contribution in [2.45, 2.75) is 19.9 Å². The fourth-order valence-corrected chi connectivity index (χ4v) is 2.98. The summed E-state index contributed by atoms with van der Waals surface area (Å²) in [4.78, 5) is 4.38. The maximum atomic E-state index is 13.7. The lowest BCUT2D eigenvalue weighted by molar-refractivity contribution is 0.560. The molecule has 0 aliphatic carbocycles. The second kappa shape index (κ2) is 5.81. The van der Waals surface area contributed by atoms with Crippen LogP contribution in [0.1, 0.15) is 28.6 Å². The Bertz CT molecular complexity index is 953. The van der Waals surface area contributed by atoms with Gasteiger partial charge >= 0.3 is 0 Å². The minimum Gasteiger partial charge on any atom is -0.324 e. The van der Waals surface area contributed by atoms with E-state index in [1.165, 1.54) is 12.1 Å². The number of aromatic nitrogens is 3. The molecule has 0 saturated heterocycles. The van der Waals surface area contributed by atoms with Crippen molar-refractivity contribution in [1.82, 2.24) is 14.8 Å². The number of halogens is 2. The molecular weight excluding hydrogens is 322 g/mol. The molecule has 0 saturated carbocycles. The Hall–Kier alpha value is -3.02. The van der Waals surface area contributed by atoms with Gasteiger partial charge in [-0.15, -0.1) is 0 Å². The van der Waals surface area contributed by atoms with Crippen LogP contribution in [-0.4, -0.2) is 14.8 Å². The summed E-state index contributed by atoms with van der Waals surface area (Å²) < 4.78 is 29.1. The van der Waals surface area contributed by atoms with Gasteiger partial charge in [-0.05, 0) is 43.2 Å². The summed E-state index contributed by atoms with van der Waals surface area (Å²) in [5.74, 6) is -0.0948. The normalized spacial score (nSPS) is 16.2. The SMILES string of the molecule is Cc1ccc(C2=CC(c3cc(F)cc(F)c3)n3nc(C)nc3N2)cc1. The maximum Gasteiger partial charge on any atom is 0.226 e. The van der Waals surface area contributed by atoms with Gasteiger partial charge in [0, 0.05) is 11.8 Å². The Morgan fingerprint density at radius 3 is 2.36 bits per heavy atom. The van der Waals surface area contributed by atoms with Gasteiger partial charge in [0.15, 0.2) is 0 Å². The van der Waals surface area contributed by atoms with E-state index in [4.69, 9.17) is 0 Å². The number of anilines is 1. The van der Waals surface area contributed by atoms with Crippen LogP contribution in [0, 0.1) is 25.5 Å². The molecule has 0 amide bonds. The minimum atomic E-state index is -0.614. The van der Waals surface area contributed by atoms with Crippen molar-refractivity contribution in [2.24, 2.45) is 0 Å². The summed E-state index contributed by atoms with van der Waals surface area (Å²) in [6.07, 6.45) is 1.90. The molecule has 3 aromatic rings. The van der Waals surface area contributed by atoms with Crippen molar-refractivity contribution < 1.29 is 8.78 Å². The summed E-state index contributed by atoms with van der Waals surface area (Å²) >= 11 is 0. The third-order valence-electron chi connectivity index (χ3n) is 4.16. The van der Waals surface area contributed by atoms with Gasteiger partial charge in [0.2, 0.25) is 5.95 Å². The molecule has 4 nitrogen and oxygen atoms in total. The Morgan fingerprint density at radius 1 is 1.00 bits per heavy atom. The quantitative estimate of drug-likeness (QED) is 0.760. The van der Waals surface area contributed by atoms with Gasteiger partial charge in [0.25, 0.3) is 0 Å². The fraction of sp³-hybridized carbons (Fsp3) is 0.158. The van der Waals surface area contributed by atoms with E-state index < -0.39 is 17.7 Å². The Kier molecular flexibility index (Phi) is 3.60. The predicted octanol–water partition coefficient (Wildman–Crippen LogP) is 4.23. The van der Waals surface area contributed by atoms with Crippen LogP contribution in [0.25, 0.3) is 5.70 Å². The highest BCUT2D eigenvalue weighted by molar-refractivity contribution is 5.77. The molecule has 126 valence electrons. The molecule has 0 fully saturated rings. The molecule has 0 radical (unpaired) electrons. The lowest BCUT2D eigenvalue weighted by Crippen LogP contribution is -2.20. The second-order valence-electron chi connectivity index (χ2n) is 6.15. The van der Waals surface area contributed by atoms with Crippen LogP contribution in [0.15, 0.2) is 48.5 Å². The average Bonchev–Trinajstić information content (AvgIpc) is 2.93. The van der Waals surface area contributed by atoms with Gasteiger partial charge in [-0.1, -0.05) is 29.8 Å². The number of hydrogen-bond acceptors (Lipinski definition) is 3. The van der Waals surface area contributed by atoms with Crippen LogP contribution in [0.2, 0.25) is 0 Å². The minimum absolute atomic E-state index is 0.445. The largest absolute Gasteiger partial charge is 0.324 e. The summed E-state index contributed by atoms with van der Waals surface area (Å²) in [6.45, 7) is 3.80. The van der Waals surface area contributed by atoms with Gasteiger partial charge in [-0.2, -0.15) is 10.1 Å². The summed E-state index contributed by atoms with van der Waals surface area (Å²) in [5.41, 5.74) is 3.44. The Labute approximate surface area is 143 Å². The number of allylic oxidation sites excluding steroid dienone is 1. The highest BCUT2D eigenvalue weighted by Gasteiger charge is 2.25. The Morgan fingerprint density at radius 2 is 1.68 bits per heavy atom. The third-order valence-corrected chi connectivity index (χ3v) is 4.16. The van der Waals surface area contributed by atoms with Gasteiger partial charge in [-0.25, -0.2) is 13.5 Å². The molecular formula is C19H16F2N4. The van der Waals surface area contributed by atoms with Gasteiger partial charge in [0.05, 0.1) is 0 Å². The van der Waals surface area contributed by atoms with E-state index in [0.29, 0.717) is 17.3 Å². The van der Waals surface area contributed by atoms with Crippen molar-refractivity contribution in [3.8, 4) is 0 Å². The molecule has 2 aromatic carbocycles. The van der Waals surface area contributed by atoms with E-state index >= 15 is 0 Å². The van der Waals surface area contributed by atoms with Crippen LogP contribution in [-0.2, 0) is 0 Å². The van der Waals surface area contributed by atoms with Crippen molar-refractivity contribution in [3.05, 3.63) is 82.7 Å². The molecule has 1 aromatic heterocycles. The topological polar surface area (TPSA) is 42.7 Å². The second-order valence-corrected chi connectivity index (χ2v) is 6.15. The van der Waals surface area contributed by atoms with Crippen molar-refractivity contribution >= 4 is 11.6 Å². The number of nitrogens with one attached hydrogen (secondary N) is 1. The zero-order valence-electron chi connectivity index (χ0n) is 13.8. The maximum absolute atomic E-state index is 13.7. The van der Waals surface area contributed by atoms with E-state index in [1.807, 2.05) is 37.3 Å². The van der Waals surface area contributed by atoms with Crippen LogP contribution in [0.5, 0.6) is 0 Å². The molecule has 0 spiro atoms. The van der Waals surface area contributed by atoms with Crippen LogP contribution >= 0.6 is 0 Å². The van der Waals surface area contributed by atoms with Crippen LogP contribution in [0.4, 0.5) is 14.7 Å². The molecule has 0 bridgehead atoms. The first-order valence-corrected chi connectivity index (χ1v) is 7.94.